The highest BCUT2D eigenvalue weighted by Crippen LogP contribution is 2.18. The molecule has 24 heavy (non-hydrogen) atoms. The predicted molar refractivity (Wildman–Crippen MR) is 95.0 cm³/mol. The van der Waals surface area contributed by atoms with Crippen LogP contribution in [0.5, 0.6) is 5.75 Å². The topological polar surface area (TPSA) is 60.3 Å². The summed E-state index contributed by atoms with van der Waals surface area (Å²) in [5.74, 6) is 0.590. The molecule has 0 aliphatic heterocycles. The molecule has 1 N–H and O–H groups in total. The van der Waals surface area contributed by atoms with Crippen molar-refractivity contribution < 1.29 is 9.53 Å². The Morgan fingerprint density at radius 3 is 2.75 bits per heavy atom. The molecule has 2 aromatic rings. The van der Waals surface area contributed by atoms with Gasteiger partial charge in [0.15, 0.2) is 0 Å². The first-order valence-corrected chi connectivity index (χ1v) is 7.95. The number of carbonyl (C=O) groups is 1. The van der Waals surface area contributed by atoms with Crippen LogP contribution in [-0.4, -0.2) is 24.1 Å². The average Bonchev–Trinajstić information content (AvgIpc) is 2.61. The molecule has 5 nitrogen and oxygen atoms in total. The van der Waals surface area contributed by atoms with Gasteiger partial charge in [-0.05, 0) is 31.1 Å². The van der Waals surface area contributed by atoms with Crippen molar-refractivity contribution in [3.63, 3.8) is 0 Å². The summed E-state index contributed by atoms with van der Waals surface area (Å²) in [6.45, 7) is 1.24. The number of unbranched alkanes of at least 4 members (excludes halogenated alkanes) is 1. The maximum Gasteiger partial charge on any atom is 0.250 e. The Bertz CT molecular complexity index is 750. The number of hydrogen-bond acceptors (Lipinski definition) is 3. The summed E-state index contributed by atoms with van der Waals surface area (Å²) in [7, 11) is 1.60. The highest BCUT2D eigenvalue weighted by molar-refractivity contribution is 5.92. The highest BCUT2D eigenvalue weighted by Gasteiger charge is 1.99. The zero-order valence-corrected chi connectivity index (χ0v) is 13.8. The van der Waals surface area contributed by atoms with E-state index in [0.29, 0.717) is 13.1 Å². The number of nitrogens with one attached hydrogen (secondary N) is 1. The van der Waals surface area contributed by atoms with Gasteiger partial charge in [-0.15, -0.1) is 0 Å². The maximum atomic E-state index is 11.8. The highest BCUT2D eigenvalue weighted by atomic mass is 16.5. The van der Waals surface area contributed by atoms with Crippen LogP contribution in [-0.2, 0) is 11.3 Å². The number of ether oxygens (including phenoxy) is 1. The number of methoxy groups -OCH3 is 1. The number of para-hydroxylation sites is 1. The van der Waals surface area contributed by atoms with Gasteiger partial charge in [0.25, 0.3) is 0 Å². The molecule has 0 aliphatic carbocycles. The van der Waals surface area contributed by atoms with Crippen LogP contribution in [0.4, 0.5) is 0 Å². The lowest BCUT2D eigenvalue weighted by Gasteiger charge is -2.06. The van der Waals surface area contributed by atoms with Crippen LogP contribution in [0, 0.1) is 0 Å². The number of amides is 1. The molecule has 1 heterocycles. The first-order valence-electron chi connectivity index (χ1n) is 7.95. The van der Waals surface area contributed by atoms with Gasteiger partial charge in [-0.25, -0.2) is 0 Å². The van der Waals surface area contributed by atoms with E-state index in [2.05, 4.69) is 5.32 Å². The smallest absolute Gasteiger partial charge is 0.250 e. The first-order chi connectivity index (χ1) is 11.7. The van der Waals surface area contributed by atoms with Crippen LogP contribution in [0.3, 0.4) is 0 Å². The lowest BCUT2D eigenvalue weighted by molar-refractivity contribution is -0.116. The van der Waals surface area contributed by atoms with Gasteiger partial charge in [-0.3, -0.25) is 9.59 Å². The van der Waals surface area contributed by atoms with E-state index in [4.69, 9.17) is 4.74 Å². The predicted octanol–water partition coefficient (Wildman–Crippen LogP) is 2.47. The molecule has 0 aliphatic rings. The Kier molecular flexibility index (Phi) is 6.83. The zero-order chi connectivity index (χ0) is 17.2. The Labute approximate surface area is 141 Å². The van der Waals surface area contributed by atoms with Gasteiger partial charge in [0.1, 0.15) is 5.75 Å². The van der Waals surface area contributed by atoms with Crippen LogP contribution in [0.25, 0.3) is 6.08 Å². The summed E-state index contributed by atoms with van der Waals surface area (Å²) in [6, 6.07) is 12.6. The molecule has 0 saturated heterocycles. The fraction of sp³-hybridized carbons (Fsp3) is 0.263. The van der Waals surface area contributed by atoms with Crippen LogP contribution >= 0.6 is 0 Å². The van der Waals surface area contributed by atoms with Gasteiger partial charge < -0.3 is 14.6 Å². The quantitative estimate of drug-likeness (QED) is 0.599. The fourth-order valence-electron chi connectivity index (χ4n) is 2.29. The SMILES string of the molecule is COc1ccccc1C=CC(=O)NCCCCn1ccccc1=O. The standard InChI is InChI=1S/C19H22N2O3/c1-24-17-9-3-2-8-16(17)11-12-18(22)20-13-5-7-15-21-14-6-4-10-19(21)23/h2-4,6,8-12,14H,5,7,13,15H2,1H3,(H,20,22). The van der Waals surface area contributed by atoms with E-state index in [1.807, 2.05) is 30.3 Å². The lowest BCUT2D eigenvalue weighted by Crippen LogP contribution is -2.23. The first kappa shape index (κ1) is 17.5. The molecule has 0 spiro atoms. The summed E-state index contributed by atoms with van der Waals surface area (Å²) in [5.41, 5.74) is 0.861. The minimum absolute atomic E-state index is 0.00118. The summed E-state index contributed by atoms with van der Waals surface area (Å²) in [4.78, 5) is 23.3. The second-order valence-electron chi connectivity index (χ2n) is 5.31. The van der Waals surface area contributed by atoms with Crippen molar-refractivity contribution in [2.24, 2.45) is 0 Å². The third-order valence-electron chi connectivity index (χ3n) is 3.58. The van der Waals surface area contributed by atoms with Crippen LogP contribution in [0.15, 0.2) is 59.5 Å². The van der Waals surface area contributed by atoms with Gasteiger partial charge in [0.2, 0.25) is 11.5 Å². The second kappa shape index (κ2) is 9.35. The van der Waals surface area contributed by atoms with Gasteiger partial charge in [-0.1, -0.05) is 24.3 Å². The number of aryl methyl sites for hydroxylation is 1. The fourth-order valence-corrected chi connectivity index (χ4v) is 2.29. The summed E-state index contributed by atoms with van der Waals surface area (Å²) >= 11 is 0. The monoisotopic (exact) mass is 326 g/mol. The van der Waals surface area contributed by atoms with Crippen LogP contribution < -0.4 is 15.6 Å². The molecule has 0 atom stereocenters. The molecule has 1 amide bonds. The van der Waals surface area contributed by atoms with Crippen molar-refractivity contribution in [3.8, 4) is 5.75 Å². The molecule has 1 aromatic carbocycles. The molecule has 0 unspecified atom stereocenters. The van der Waals surface area contributed by atoms with Gasteiger partial charge in [0.05, 0.1) is 7.11 Å². The normalized spacial score (nSPS) is 10.7. The van der Waals surface area contributed by atoms with Crippen LogP contribution in [0.1, 0.15) is 18.4 Å². The van der Waals surface area contributed by atoms with E-state index >= 15 is 0 Å². The minimum atomic E-state index is -0.141. The maximum absolute atomic E-state index is 11.8. The molecule has 0 bridgehead atoms. The molecule has 2 rings (SSSR count). The molecule has 0 fully saturated rings. The van der Waals surface area contributed by atoms with Crippen molar-refractivity contribution in [2.75, 3.05) is 13.7 Å². The largest absolute Gasteiger partial charge is 0.496 e. The number of pyridine rings is 1. The number of aromatic nitrogens is 1. The Balaban J connectivity index is 1.71. The summed E-state index contributed by atoms with van der Waals surface area (Å²) < 4.78 is 6.90. The molecule has 126 valence electrons. The van der Waals surface area contributed by atoms with Crippen molar-refractivity contribution in [1.82, 2.24) is 9.88 Å². The van der Waals surface area contributed by atoms with E-state index in [9.17, 15) is 9.59 Å². The number of benzene rings is 1. The number of nitrogens with zero attached hydrogens (tertiary/aromatic N) is 1. The van der Waals surface area contributed by atoms with Crippen molar-refractivity contribution in [3.05, 3.63) is 70.7 Å². The third-order valence-corrected chi connectivity index (χ3v) is 3.58. The van der Waals surface area contributed by atoms with E-state index in [0.717, 1.165) is 24.2 Å². The van der Waals surface area contributed by atoms with Gasteiger partial charge >= 0.3 is 0 Å². The summed E-state index contributed by atoms with van der Waals surface area (Å²) in [6.07, 6.45) is 6.66. The van der Waals surface area contributed by atoms with Crippen molar-refractivity contribution in [2.45, 2.75) is 19.4 Å². The zero-order valence-electron chi connectivity index (χ0n) is 13.8. The molecule has 5 heteroatoms. The van der Waals surface area contributed by atoms with E-state index in [1.54, 1.807) is 36.1 Å². The number of hydrogen-bond donors (Lipinski definition) is 1. The Hall–Kier alpha value is -2.82. The van der Waals surface area contributed by atoms with Crippen molar-refractivity contribution >= 4 is 12.0 Å². The minimum Gasteiger partial charge on any atom is -0.496 e. The third kappa shape index (κ3) is 5.43. The molecule has 0 saturated carbocycles. The lowest BCUT2D eigenvalue weighted by atomic mass is 10.2. The van der Waals surface area contributed by atoms with Gasteiger partial charge in [-0.2, -0.15) is 0 Å². The Morgan fingerprint density at radius 2 is 1.96 bits per heavy atom. The average molecular weight is 326 g/mol. The number of carbonyl (C=O) groups excluding carboxylic acids is 1. The van der Waals surface area contributed by atoms with E-state index in [1.165, 1.54) is 6.08 Å². The molecular formula is C19H22N2O3. The van der Waals surface area contributed by atoms with Crippen LogP contribution in [0.2, 0.25) is 0 Å². The molecular weight excluding hydrogens is 304 g/mol. The van der Waals surface area contributed by atoms with Gasteiger partial charge in [0, 0.05) is 37.0 Å². The number of rotatable bonds is 8. The van der Waals surface area contributed by atoms with E-state index in [-0.39, 0.29) is 11.5 Å². The van der Waals surface area contributed by atoms with E-state index < -0.39 is 0 Å². The van der Waals surface area contributed by atoms with Crippen molar-refractivity contribution in [1.29, 1.82) is 0 Å². The molecule has 0 radical (unpaired) electrons. The molecule has 1 aromatic heterocycles. The Morgan fingerprint density at radius 1 is 1.17 bits per heavy atom. The summed E-state index contributed by atoms with van der Waals surface area (Å²) in [5, 5.41) is 2.84. The second-order valence-corrected chi connectivity index (χ2v) is 5.31.